The van der Waals surface area contributed by atoms with Crippen molar-refractivity contribution in [1.82, 2.24) is 9.55 Å². The first-order valence-electron chi connectivity index (χ1n) is 6.53. The summed E-state index contributed by atoms with van der Waals surface area (Å²) in [6, 6.07) is 14.8. The number of ether oxygens (including phenoxy) is 1. The zero-order chi connectivity index (χ0) is 14.8. The average molecular weight is 278 g/mol. The van der Waals surface area contributed by atoms with Gasteiger partial charge in [-0.1, -0.05) is 36.9 Å². The second-order valence-electron chi connectivity index (χ2n) is 4.54. The molecule has 0 amide bonds. The molecule has 0 saturated carbocycles. The van der Waals surface area contributed by atoms with Gasteiger partial charge in [0.05, 0.1) is 18.1 Å². The first-order valence-corrected chi connectivity index (χ1v) is 6.53. The lowest BCUT2D eigenvalue weighted by atomic mass is 10.1. The summed E-state index contributed by atoms with van der Waals surface area (Å²) in [4.78, 5) is 17.1. The molecule has 4 nitrogen and oxygen atoms in total. The molecule has 0 radical (unpaired) electrons. The Balaban J connectivity index is 2.37. The predicted molar refractivity (Wildman–Crippen MR) is 84.4 cm³/mol. The molecule has 0 saturated heterocycles. The molecule has 0 bridgehead atoms. The Morgan fingerprint density at radius 3 is 2.62 bits per heavy atom. The number of hydrogen-bond acceptors (Lipinski definition) is 3. The van der Waals surface area contributed by atoms with Crippen LogP contribution in [-0.4, -0.2) is 16.7 Å². The normalized spacial score (nSPS) is 10.5. The topological polar surface area (TPSA) is 44.1 Å². The number of rotatable bonds is 3. The lowest BCUT2D eigenvalue weighted by Gasteiger charge is -2.09. The molecule has 0 fully saturated rings. The molecule has 3 rings (SSSR count). The molecule has 0 unspecified atom stereocenters. The number of benzene rings is 2. The Bertz CT molecular complexity index is 867. The maximum absolute atomic E-state index is 12.6. The minimum atomic E-state index is -0.197. The lowest BCUT2D eigenvalue weighted by molar-refractivity contribution is 0.415. The van der Waals surface area contributed by atoms with Crippen molar-refractivity contribution in [2.24, 2.45) is 0 Å². The van der Waals surface area contributed by atoms with E-state index in [0.29, 0.717) is 22.5 Å². The van der Waals surface area contributed by atoms with E-state index in [1.165, 1.54) is 10.8 Å². The third-order valence-electron chi connectivity index (χ3n) is 3.33. The SMILES string of the molecule is C=Cn1c(=O)c(-c2ccccc2)nc2ccc(OC)cc21. The zero-order valence-electron chi connectivity index (χ0n) is 11.6. The van der Waals surface area contributed by atoms with E-state index in [1.807, 2.05) is 42.5 Å². The van der Waals surface area contributed by atoms with Gasteiger partial charge in [-0.3, -0.25) is 9.36 Å². The highest BCUT2D eigenvalue weighted by molar-refractivity contribution is 5.81. The van der Waals surface area contributed by atoms with Crippen LogP contribution in [0.25, 0.3) is 28.5 Å². The molecule has 0 aliphatic carbocycles. The number of fused-ring (bicyclic) bond motifs is 1. The molecule has 0 aliphatic heterocycles. The molecule has 104 valence electrons. The minimum Gasteiger partial charge on any atom is -0.497 e. The molecule has 0 aliphatic rings. The number of nitrogens with zero attached hydrogens (tertiary/aromatic N) is 2. The van der Waals surface area contributed by atoms with Gasteiger partial charge in [-0.25, -0.2) is 4.98 Å². The first-order chi connectivity index (χ1) is 10.2. The van der Waals surface area contributed by atoms with E-state index in [2.05, 4.69) is 11.6 Å². The monoisotopic (exact) mass is 278 g/mol. The molecule has 0 N–H and O–H groups in total. The zero-order valence-corrected chi connectivity index (χ0v) is 11.6. The third-order valence-corrected chi connectivity index (χ3v) is 3.33. The fraction of sp³-hybridized carbons (Fsp3) is 0.0588. The Labute approximate surface area is 121 Å². The van der Waals surface area contributed by atoms with Crippen molar-refractivity contribution in [1.29, 1.82) is 0 Å². The van der Waals surface area contributed by atoms with Crippen LogP contribution in [0.15, 0.2) is 59.9 Å². The van der Waals surface area contributed by atoms with Crippen LogP contribution in [0, 0.1) is 0 Å². The van der Waals surface area contributed by atoms with Gasteiger partial charge >= 0.3 is 0 Å². The average Bonchev–Trinajstić information content (AvgIpc) is 2.54. The Morgan fingerprint density at radius 2 is 1.95 bits per heavy atom. The van der Waals surface area contributed by atoms with Crippen LogP contribution in [0.2, 0.25) is 0 Å². The molecule has 21 heavy (non-hydrogen) atoms. The summed E-state index contributed by atoms with van der Waals surface area (Å²) in [6.07, 6.45) is 1.50. The Hall–Kier alpha value is -2.88. The molecule has 4 heteroatoms. The largest absolute Gasteiger partial charge is 0.497 e. The van der Waals surface area contributed by atoms with E-state index in [-0.39, 0.29) is 5.56 Å². The van der Waals surface area contributed by atoms with Crippen LogP contribution < -0.4 is 10.3 Å². The van der Waals surface area contributed by atoms with Gasteiger partial charge in [0, 0.05) is 17.8 Å². The predicted octanol–water partition coefficient (Wildman–Crippen LogP) is 3.17. The van der Waals surface area contributed by atoms with Crippen LogP contribution in [0.1, 0.15) is 0 Å². The molecule has 0 atom stereocenters. The molecule has 3 aromatic rings. The highest BCUT2D eigenvalue weighted by Gasteiger charge is 2.11. The van der Waals surface area contributed by atoms with Gasteiger partial charge in [0.2, 0.25) is 0 Å². The summed E-state index contributed by atoms with van der Waals surface area (Å²) >= 11 is 0. The van der Waals surface area contributed by atoms with Crippen molar-refractivity contribution in [3.8, 4) is 17.0 Å². The third kappa shape index (κ3) is 2.21. The maximum Gasteiger partial charge on any atom is 0.281 e. The second kappa shape index (κ2) is 5.25. The summed E-state index contributed by atoms with van der Waals surface area (Å²) in [7, 11) is 1.59. The van der Waals surface area contributed by atoms with Crippen LogP contribution in [0.3, 0.4) is 0 Å². The summed E-state index contributed by atoms with van der Waals surface area (Å²) in [5.41, 5.74) is 2.39. The first kappa shape index (κ1) is 13.1. The van der Waals surface area contributed by atoms with E-state index < -0.39 is 0 Å². The van der Waals surface area contributed by atoms with Crippen LogP contribution in [-0.2, 0) is 0 Å². The van der Waals surface area contributed by atoms with Gasteiger partial charge in [0.15, 0.2) is 0 Å². The van der Waals surface area contributed by atoms with Crippen LogP contribution >= 0.6 is 0 Å². The summed E-state index contributed by atoms with van der Waals surface area (Å²) in [5, 5.41) is 0. The van der Waals surface area contributed by atoms with Crippen molar-refractivity contribution in [2.45, 2.75) is 0 Å². The van der Waals surface area contributed by atoms with E-state index in [4.69, 9.17) is 4.74 Å². The van der Waals surface area contributed by atoms with Crippen molar-refractivity contribution in [3.63, 3.8) is 0 Å². The second-order valence-corrected chi connectivity index (χ2v) is 4.54. The number of hydrogen-bond donors (Lipinski definition) is 0. The lowest BCUT2D eigenvalue weighted by Crippen LogP contribution is -2.19. The van der Waals surface area contributed by atoms with Crippen LogP contribution in [0.5, 0.6) is 5.75 Å². The highest BCUT2D eigenvalue weighted by atomic mass is 16.5. The number of methoxy groups -OCH3 is 1. The van der Waals surface area contributed by atoms with Gasteiger partial charge in [-0.15, -0.1) is 0 Å². The van der Waals surface area contributed by atoms with E-state index in [9.17, 15) is 4.79 Å². The Morgan fingerprint density at radius 1 is 1.19 bits per heavy atom. The van der Waals surface area contributed by atoms with Gasteiger partial charge in [-0.05, 0) is 12.1 Å². The van der Waals surface area contributed by atoms with Gasteiger partial charge in [0.25, 0.3) is 5.56 Å². The van der Waals surface area contributed by atoms with Gasteiger partial charge in [-0.2, -0.15) is 0 Å². The van der Waals surface area contributed by atoms with Crippen molar-refractivity contribution >= 4 is 17.2 Å². The van der Waals surface area contributed by atoms with Crippen molar-refractivity contribution in [2.75, 3.05) is 7.11 Å². The molecule has 1 heterocycles. The summed E-state index contributed by atoms with van der Waals surface area (Å²) in [5.74, 6) is 0.673. The smallest absolute Gasteiger partial charge is 0.281 e. The molecule has 1 aromatic heterocycles. The molecule has 2 aromatic carbocycles. The fourth-order valence-corrected chi connectivity index (χ4v) is 2.27. The van der Waals surface area contributed by atoms with Crippen molar-refractivity contribution < 1.29 is 4.74 Å². The number of aromatic nitrogens is 2. The van der Waals surface area contributed by atoms with E-state index in [0.717, 1.165) is 5.56 Å². The summed E-state index contributed by atoms with van der Waals surface area (Å²) in [6.45, 7) is 3.73. The van der Waals surface area contributed by atoms with E-state index >= 15 is 0 Å². The quantitative estimate of drug-likeness (QED) is 0.739. The van der Waals surface area contributed by atoms with Gasteiger partial charge in [0.1, 0.15) is 11.4 Å². The van der Waals surface area contributed by atoms with E-state index in [1.54, 1.807) is 13.2 Å². The standard InChI is InChI=1S/C17H14N2O2/c1-3-19-15-11-13(21-2)9-10-14(15)18-16(17(19)20)12-7-5-4-6-8-12/h3-11H,1H2,2H3. The van der Waals surface area contributed by atoms with Crippen LogP contribution in [0.4, 0.5) is 0 Å². The summed E-state index contributed by atoms with van der Waals surface area (Å²) < 4.78 is 6.69. The fourth-order valence-electron chi connectivity index (χ4n) is 2.27. The minimum absolute atomic E-state index is 0.197. The highest BCUT2D eigenvalue weighted by Crippen LogP contribution is 2.21. The van der Waals surface area contributed by atoms with Crippen molar-refractivity contribution in [3.05, 3.63) is 65.5 Å². The molecular weight excluding hydrogens is 264 g/mol. The maximum atomic E-state index is 12.6. The molecule has 0 spiro atoms. The van der Waals surface area contributed by atoms with Gasteiger partial charge < -0.3 is 4.74 Å². The Kier molecular flexibility index (Phi) is 3.28. The molecular formula is C17H14N2O2.